The molecule has 0 unspecified atom stereocenters. The Kier molecular flexibility index (Phi) is 4.22. The van der Waals surface area contributed by atoms with E-state index in [1.807, 2.05) is 48.5 Å². The van der Waals surface area contributed by atoms with Crippen molar-refractivity contribution in [3.05, 3.63) is 64.6 Å². The molecule has 1 heterocycles. The number of hydrogen-bond donors (Lipinski definition) is 1. The fourth-order valence-electron chi connectivity index (χ4n) is 2.15. The van der Waals surface area contributed by atoms with Crippen LogP contribution in [0.1, 0.15) is 4.88 Å². The second-order valence-electron chi connectivity index (χ2n) is 4.79. The first kappa shape index (κ1) is 14.8. The molecule has 0 saturated carbocycles. The van der Waals surface area contributed by atoms with Gasteiger partial charge < -0.3 is 5.11 Å². The Morgan fingerprint density at radius 1 is 1.09 bits per heavy atom. The molecule has 3 rings (SSSR count). The third kappa shape index (κ3) is 3.35. The third-order valence-corrected chi connectivity index (χ3v) is 4.46. The highest BCUT2D eigenvalue weighted by molar-refractivity contribution is 7.15. The first-order valence-electron chi connectivity index (χ1n) is 6.65. The van der Waals surface area contributed by atoms with Gasteiger partial charge in [-0.05, 0) is 29.3 Å². The molecule has 0 aliphatic carbocycles. The second-order valence-corrected chi connectivity index (χ2v) is 6.34. The SMILES string of the molecule is O=C(O)Cc1cnc(-c2cccc(-c3ccc(Cl)cc3)c2)s1. The lowest BCUT2D eigenvalue weighted by Gasteiger charge is -2.04. The van der Waals surface area contributed by atoms with E-state index in [0.717, 1.165) is 26.6 Å². The second kappa shape index (κ2) is 6.30. The monoisotopic (exact) mass is 329 g/mol. The van der Waals surface area contributed by atoms with Crippen LogP contribution in [-0.2, 0) is 11.2 Å². The number of carbonyl (C=O) groups is 1. The lowest BCUT2D eigenvalue weighted by molar-refractivity contribution is -0.136. The van der Waals surface area contributed by atoms with E-state index in [0.29, 0.717) is 5.02 Å². The molecular weight excluding hydrogens is 318 g/mol. The van der Waals surface area contributed by atoms with Crippen molar-refractivity contribution in [2.45, 2.75) is 6.42 Å². The van der Waals surface area contributed by atoms with E-state index in [1.54, 1.807) is 6.20 Å². The van der Waals surface area contributed by atoms with Crippen LogP contribution in [0.5, 0.6) is 0 Å². The largest absolute Gasteiger partial charge is 0.481 e. The highest BCUT2D eigenvalue weighted by atomic mass is 35.5. The normalized spacial score (nSPS) is 10.6. The Morgan fingerprint density at radius 2 is 1.82 bits per heavy atom. The molecule has 0 saturated heterocycles. The Bertz CT molecular complexity index is 812. The Labute approximate surface area is 136 Å². The summed E-state index contributed by atoms with van der Waals surface area (Å²) in [5.41, 5.74) is 3.13. The van der Waals surface area contributed by atoms with Gasteiger partial charge >= 0.3 is 5.97 Å². The molecule has 2 aromatic carbocycles. The lowest BCUT2D eigenvalue weighted by Crippen LogP contribution is -1.97. The molecule has 0 atom stereocenters. The summed E-state index contributed by atoms with van der Waals surface area (Å²) >= 11 is 7.32. The minimum absolute atomic E-state index is 0.00847. The molecule has 0 aliphatic heterocycles. The van der Waals surface area contributed by atoms with Gasteiger partial charge in [0.25, 0.3) is 0 Å². The minimum atomic E-state index is -0.842. The van der Waals surface area contributed by atoms with Gasteiger partial charge in [-0.2, -0.15) is 0 Å². The Hall–Kier alpha value is -2.17. The van der Waals surface area contributed by atoms with Crippen molar-refractivity contribution in [3.8, 4) is 21.7 Å². The van der Waals surface area contributed by atoms with E-state index in [4.69, 9.17) is 16.7 Å². The van der Waals surface area contributed by atoms with E-state index >= 15 is 0 Å². The molecule has 0 aliphatic rings. The highest BCUT2D eigenvalue weighted by Crippen LogP contribution is 2.30. The summed E-state index contributed by atoms with van der Waals surface area (Å²) in [6.07, 6.45) is 1.64. The van der Waals surface area contributed by atoms with Crippen LogP contribution in [0.2, 0.25) is 5.02 Å². The average molecular weight is 330 g/mol. The third-order valence-electron chi connectivity index (χ3n) is 3.17. The van der Waals surface area contributed by atoms with Crippen molar-refractivity contribution in [2.75, 3.05) is 0 Å². The van der Waals surface area contributed by atoms with Gasteiger partial charge in [-0.1, -0.05) is 41.9 Å². The molecule has 0 spiro atoms. The maximum Gasteiger partial charge on any atom is 0.308 e. The Morgan fingerprint density at radius 3 is 2.55 bits per heavy atom. The summed E-state index contributed by atoms with van der Waals surface area (Å²) in [5, 5.41) is 10.4. The molecule has 1 N–H and O–H groups in total. The van der Waals surface area contributed by atoms with Crippen molar-refractivity contribution in [2.24, 2.45) is 0 Å². The molecule has 0 bridgehead atoms. The van der Waals surface area contributed by atoms with Crippen molar-refractivity contribution >= 4 is 28.9 Å². The van der Waals surface area contributed by atoms with Crippen molar-refractivity contribution in [1.82, 2.24) is 4.98 Å². The van der Waals surface area contributed by atoms with Crippen molar-refractivity contribution in [3.63, 3.8) is 0 Å². The summed E-state index contributed by atoms with van der Waals surface area (Å²) in [5.74, 6) is -0.842. The number of thiazole rings is 1. The standard InChI is InChI=1S/C17H12ClNO2S/c18-14-6-4-11(5-7-14)12-2-1-3-13(8-12)17-19-10-15(22-17)9-16(20)21/h1-8,10H,9H2,(H,20,21). The smallest absolute Gasteiger partial charge is 0.308 e. The highest BCUT2D eigenvalue weighted by Gasteiger charge is 2.09. The first-order valence-corrected chi connectivity index (χ1v) is 7.84. The number of halogens is 1. The van der Waals surface area contributed by atoms with E-state index in [2.05, 4.69) is 4.98 Å². The topological polar surface area (TPSA) is 50.2 Å². The zero-order chi connectivity index (χ0) is 15.5. The quantitative estimate of drug-likeness (QED) is 0.751. The summed E-state index contributed by atoms with van der Waals surface area (Å²) < 4.78 is 0. The molecule has 22 heavy (non-hydrogen) atoms. The summed E-state index contributed by atoms with van der Waals surface area (Å²) in [6.45, 7) is 0. The summed E-state index contributed by atoms with van der Waals surface area (Å²) in [4.78, 5) is 15.8. The van der Waals surface area contributed by atoms with Crippen LogP contribution in [0, 0.1) is 0 Å². The molecule has 110 valence electrons. The van der Waals surface area contributed by atoms with Crippen LogP contribution in [-0.4, -0.2) is 16.1 Å². The number of aliphatic carboxylic acids is 1. The zero-order valence-electron chi connectivity index (χ0n) is 11.5. The Balaban J connectivity index is 1.92. The number of aromatic nitrogens is 1. The number of carboxylic acid groups (broad SMARTS) is 1. The van der Waals surface area contributed by atoms with E-state index in [1.165, 1.54) is 11.3 Å². The number of nitrogens with zero attached hydrogens (tertiary/aromatic N) is 1. The molecular formula is C17H12ClNO2S. The van der Waals surface area contributed by atoms with E-state index in [-0.39, 0.29) is 6.42 Å². The van der Waals surface area contributed by atoms with Gasteiger partial charge in [0.2, 0.25) is 0 Å². The van der Waals surface area contributed by atoms with Gasteiger partial charge in [-0.25, -0.2) is 4.98 Å². The first-order chi connectivity index (χ1) is 10.6. The molecule has 3 aromatic rings. The van der Waals surface area contributed by atoms with Gasteiger partial charge in [0.05, 0.1) is 6.42 Å². The van der Waals surface area contributed by atoms with Crippen LogP contribution in [0.15, 0.2) is 54.7 Å². The minimum Gasteiger partial charge on any atom is -0.481 e. The number of hydrogen-bond acceptors (Lipinski definition) is 3. The number of carboxylic acids is 1. The van der Waals surface area contributed by atoms with Crippen LogP contribution >= 0.6 is 22.9 Å². The lowest BCUT2D eigenvalue weighted by atomic mass is 10.0. The summed E-state index contributed by atoms with van der Waals surface area (Å²) in [6, 6.07) is 15.7. The molecule has 0 radical (unpaired) electrons. The fraction of sp³-hybridized carbons (Fsp3) is 0.0588. The maximum absolute atomic E-state index is 10.7. The molecule has 0 amide bonds. The van der Waals surface area contributed by atoms with E-state index in [9.17, 15) is 4.79 Å². The number of benzene rings is 2. The fourth-order valence-corrected chi connectivity index (χ4v) is 3.17. The predicted molar refractivity (Wildman–Crippen MR) is 89.3 cm³/mol. The van der Waals surface area contributed by atoms with Crippen LogP contribution in [0.25, 0.3) is 21.7 Å². The predicted octanol–water partition coefficient (Wildman–Crippen LogP) is 4.76. The molecule has 5 heteroatoms. The van der Waals surface area contributed by atoms with Crippen LogP contribution in [0.4, 0.5) is 0 Å². The molecule has 0 fully saturated rings. The van der Waals surface area contributed by atoms with Gasteiger partial charge in [-0.3, -0.25) is 4.79 Å². The van der Waals surface area contributed by atoms with Crippen molar-refractivity contribution in [1.29, 1.82) is 0 Å². The summed E-state index contributed by atoms with van der Waals surface area (Å²) in [7, 11) is 0. The van der Waals surface area contributed by atoms with Crippen molar-refractivity contribution < 1.29 is 9.90 Å². The van der Waals surface area contributed by atoms with Gasteiger partial charge in [0, 0.05) is 21.7 Å². The number of rotatable bonds is 4. The maximum atomic E-state index is 10.7. The molecule has 1 aromatic heterocycles. The van der Waals surface area contributed by atoms with Crippen LogP contribution in [0.3, 0.4) is 0 Å². The average Bonchev–Trinajstić information content (AvgIpc) is 2.96. The van der Waals surface area contributed by atoms with Gasteiger partial charge in [0.15, 0.2) is 0 Å². The van der Waals surface area contributed by atoms with Crippen LogP contribution < -0.4 is 0 Å². The van der Waals surface area contributed by atoms with Gasteiger partial charge in [0.1, 0.15) is 5.01 Å². The zero-order valence-corrected chi connectivity index (χ0v) is 13.1. The molecule has 3 nitrogen and oxygen atoms in total. The van der Waals surface area contributed by atoms with E-state index < -0.39 is 5.97 Å². The van der Waals surface area contributed by atoms with Gasteiger partial charge in [-0.15, -0.1) is 11.3 Å².